The average Bonchev–Trinajstić information content (AvgIpc) is 2.89. The van der Waals surface area contributed by atoms with Gasteiger partial charge < -0.3 is 10.6 Å². The average molecular weight is 367 g/mol. The molecule has 1 aliphatic rings. The van der Waals surface area contributed by atoms with Crippen molar-refractivity contribution in [1.29, 1.82) is 0 Å². The Kier molecular flexibility index (Phi) is 4.68. The maximum absolute atomic E-state index is 12.1. The number of nitrogens with zero attached hydrogens (tertiary/aromatic N) is 2. The number of carbonyl (C=O) groups excluding carboxylic acids is 1. The Bertz CT molecular complexity index is 855. The largest absolute Gasteiger partial charge is 0.347 e. The molecule has 1 saturated heterocycles. The van der Waals surface area contributed by atoms with Gasteiger partial charge in [-0.1, -0.05) is 23.7 Å². The molecule has 126 valence electrons. The van der Waals surface area contributed by atoms with Crippen LogP contribution in [0.2, 0.25) is 5.02 Å². The molecule has 24 heavy (non-hydrogen) atoms. The molecule has 2 N–H and O–H groups in total. The second-order valence-electron chi connectivity index (χ2n) is 5.48. The van der Waals surface area contributed by atoms with E-state index in [1.54, 1.807) is 18.2 Å². The van der Waals surface area contributed by atoms with Gasteiger partial charge in [-0.15, -0.1) is 10.2 Å². The number of anilines is 2. The number of aromatic nitrogens is 2. The summed E-state index contributed by atoms with van der Waals surface area (Å²) in [6, 6.07) is 9.95. The van der Waals surface area contributed by atoms with Gasteiger partial charge in [-0.2, -0.15) is 0 Å². The summed E-state index contributed by atoms with van der Waals surface area (Å²) in [5.41, 5.74) is 0.811. The summed E-state index contributed by atoms with van der Waals surface area (Å²) >= 11 is 6.05. The van der Waals surface area contributed by atoms with Gasteiger partial charge in [0.05, 0.1) is 22.2 Å². The van der Waals surface area contributed by atoms with Crippen LogP contribution >= 0.6 is 11.6 Å². The number of amides is 1. The molecule has 0 saturated carbocycles. The van der Waals surface area contributed by atoms with E-state index in [2.05, 4.69) is 20.8 Å². The first-order valence-electron chi connectivity index (χ1n) is 7.29. The molecule has 1 aliphatic heterocycles. The summed E-state index contributed by atoms with van der Waals surface area (Å²) in [4.78, 5) is 12.1. The standard InChI is InChI=1S/C15H15ClN4O3S/c16-11-3-1-2-4-12(11)18-14-6-5-13(19-20-14)15(21)17-10-7-8-24(22,23)9-10/h1-6,10H,7-9H2,(H,17,21)(H,18,20). The van der Waals surface area contributed by atoms with Crippen molar-refractivity contribution in [2.24, 2.45) is 0 Å². The van der Waals surface area contributed by atoms with Crippen molar-refractivity contribution in [3.8, 4) is 0 Å². The first-order chi connectivity index (χ1) is 11.4. The number of nitrogens with one attached hydrogen (secondary N) is 2. The molecule has 0 spiro atoms. The van der Waals surface area contributed by atoms with Crippen LogP contribution in [0.15, 0.2) is 36.4 Å². The molecule has 0 bridgehead atoms. The highest BCUT2D eigenvalue weighted by molar-refractivity contribution is 7.91. The first-order valence-corrected chi connectivity index (χ1v) is 9.49. The molecule has 1 unspecified atom stereocenters. The fraction of sp³-hybridized carbons (Fsp3) is 0.267. The van der Waals surface area contributed by atoms with Crippen molar-refractivity contribution >= 4 is 38.9 Å². The number of benzene rings is 1. The lowest BCUT2D eigenvalue weighted by Crippen LogP contribution is -2.36. The van der Waals surface area contributed by atoms with Gasteiger partial charge in [0, 0.05) is 6.04 Å². The van der Waals surface area contributed by atoms with E-state index in [1.165, 1.54) is 6.07 Å². The van der Waals surface area contributed by atoms with Crippen molar-refractivity contribution in [2.75, 3.05) is 16.8 Å². The molecular weight excluding hydrogens is 352 g/mol. The third-order valence-corrected chi connectivity index (χ3v) is 5.70. The minimum absolute atomic E-state index is 0.0295. The lowest BCUT2D eigenvalue weighted by Gasteiger charge is -2.10. The van der Waals surface area contributed by atoms with Gasteiger partial charge in [-0.3, -0.25) is 4.79 Å². The predicted molar refractivity (Wildman–Crippen MR) is 91.3 cm³/mol. The van der Waals surface area contributed by atoms with Crippen LogP contribution in [0.5, 0.6) is 0 Å². The number of sulfone groups is 1. The number of hydrogen-bond acceptors (Lipinski definition) is 6. The fourth-order valence-corrected chi connectivity index (χ4v) is 4.25. The fourth-order valence-electron chi connectivity index (χ4n) is 2.39. The van der Waals surface area contributed by atoms with Gasteiger partial charge in [-0.05, 0) is 30.7 Å². The van der Waals surface area contributed by atoms with Gasteiger partial charge in [0.2, 0.25) is 0 Å². The quantitative estimate of drug-likeness (QED) is 0.855. The van der Waals surface area contributed by atoms with Crippen LogP contribution in [0, 0.1) is 0 Å². The van der Waals surface area contributed by atoms with Crippen LogP contribution in [0.1, 0.15) is 16.9 Å². The highest BCUT2D eigenvalue weighted by atomic mass is 35.5. The first kappa shape index (κ1) is 16.7. The Labute approximate surface area is 144 Å². The van der Waals surface area contributed by atoms with Gasteiger partial charge in [0.1, 0.15) is 0 Å². The SMILES string of the molecule is O=C(NC1CCS(=O)(=O)C1)c1ccc(Nc2ccccc2Cl)nn1. The Morgan fingerprint density at radius 1 is 1.17 bits per heavy atom. The number of hydrogen-bond donors (Lipinski definition) is 2. The lowest BCUT2D eigenvalue weighted by molar-refractivity contribution is 0.0935. The third kappa shape index (κ3) is 4.01. The second kappa shape index (κ2) is 6.74. The molecule has 2 heterocycles. The Hall–Kier alpha value is -2.19. The van der Waals surface area contributed by atoms with Gasteiger partial charge in [0.15, 0.2) is 21.3 Å². The number of para-hydroxylation sites is 1. The van der Waals surface area contributed by atoms with E-state index in [0.717, 1.165) is 0 Å². The van der Waals surface area contributed by atoms with Crippen LogP contribution in [0.3, 0.4) is 0 Å². The molecule has 1 amide bonds. The van der Waals surface area contributed by atoms with Crippen molar-refractivity contribution in [1.82, 2.24) is 15.5 Å². The molecule has 1 aromatic heterocycles. The van der Waals surface area contributed by atoms with E-state index in [4.69, 9.17) is 11.6 Å². The maximum atomic E-state index is 12.1. The second-order valence-corrected chi connectivity index (χ2v) is 8.12. The van der Waals surface area contributed by atoms with Crippen LogP contribution in [-0.4, -0.2) is 42.1 Å². The van der Waals surface area contributed by atoms with Crippen LogP contribution in [-0.2, 0) is 9.84 Å². The minimum atomic E-state index is -3.04. The summed E-state index contributed by atoms with van der Waals surface area (Å²) in [5, 5.41) is 14.0. The number of rotatable bonds is 4. The molecule has 0 radical (unpaired) electrons. The zero-order chi connectivity index (χ0) is 17.2. The van der Waals surface area contributed by atoms with Crippen LogP contribution < -0.4 is 10.6 Å². The zero-order valence-electron chi connectivity index (χ0n) is 12.6. The summed E-state index contributed by atoms with van der Waals surface area (Å²) in [6.45, 7) is 0. The normalized spacial score (nSPS) is 19.0. The van der Waals surface area contributed by atoms with E-state index in [9.17, 15) is 13.2 Å². The predicted octanol–water partition coefficient (Wildman–Crippen LogP) is 1.79. The molecular formula is C15H15ClN4O3S. The van der Waals surface area contributed by atoms with E-state index >= 15 is 0 Å². The summed E-state index contributed by atoms with van der Waals surface area (Å²) < 4.78 is 22.8. The summed E-state index contributed by atoms with van der Waals surface area (Å²) in [7, 11) is -3.04. The molecule has 2 aromatic rings. The molecule has 7 nitrogen and oxygen atoms in total. The van der Waals surface area contributed by atoms with E-state index in [-0.39, 0.29) is 23.2 Å². The van der Waals surface area contributed by atoms with Crippen LogP contribution in [0.4, 0.5) is 11.5 Å². The topological polar surface area (TPSA) is 101 Å². The monoisotopic (exact) mass is 366 g/mol. The third-order valence-electron chi connectivity index (χ3n) is 3.60. The van der Waals surface area contributed by atoms with Crippen molar-refractivity contribution < 1.29 is 13.2 Å². The van der Waals surface area contributed by atoms with Crippen molar-refractivity contribution in [3.05, 3.63) is 47.1 Å². The van der Waals surface area contributed by atoms with E-state index < -0.39 is 15.7 Å². The lowest BCUT2D eigenvalue weighted by atomic mass is 10.2. The van der Waals surface area contributed by atoms with Gasteiger partial charge >= 0.3 is 0 Å². The van der Waals surface area contributed by atoms with Crippen LogP contribution in [0.25, 0.3) is 0 Å². The van der Waals surface area contributed by atoms with E-state index in [1.807, 2.05) is 12.1 Å². The number of halogens is 1. The molecule has 1 atom stereocenters. The minimum Gasteiger partial charge on any atom is -0.347 e. The molecule has 0 aliphatic carbocycles. The molecule has 9 heteroatoms. The zero-order valence-corrected chi connectivity index (χ0v) is 14.1. The van der Waals surface area contributed by atoms with Gasteiger partial charge in [-0.25, -0.2) is 8.42 Å². The highest BCUT2D eigenvalue weighted by Gasteiger charge is 2.29. The van der Waals surface area contributed by atoms with Crippen molar-refractivity contribution in [3.63, 3.8) is 0 Å². The molecule has 1 aromatic carbocycles. The van der Waals surface area contributed by atoms with Crippen molar-refractivity contribution in [2.45, 2.75) is 12.5 Å². The molecule has 3 rings (SSSR count). The smallest absolute Gasteiger partial charge is 0.272 e. The maximum Gasteiger partial charge on any atom is 0.272 e. The number of carbonyl (C=O) groups is 1. The van der Waals surface area contributed by atoms with Gasteiger partial charge in [0.25, 0.3) is 5.91 Å². The Balaban J connectivity index is 1.64. The van der Waals surface area contributed by atoms with E-state index in [0.29, 0.717) is 22.9 Å². The highest BCUT2D eigenvalue weighted by Crippen LogP contribution is 2.23. The summed E-state index contributed by atoms with van der Waals surface area (Å²) in [5.74, 6) is 0.0832. The molecule has 1 fully saturated rings. The Morgan fingerprint density at radius 2 is 1.96 bits per heavy atom. The Morgan fingerprint density at radius 3 is 2.58 bits per heavy atom. The summed E-state index contributed by atoms with van der Waals surface area (Å²) in [6.07, 6.45) is 0.424.